The van der Waals surface area contributed by atoms with Crippen LogP contribution in [0.15, 0.2) is 43.1 Å². The number of hydrogen-bond acceptors (Lipinski definition) is 6. The van der Waals surface area contributed by atoms with Crippen LogP contribution in [0.1, 0.15) is 45.4 Å². The van der Waals surface area contributed by atoms with Gasteiger partial charge in [0, 0.05) is 22.7 Å². The topological polar surface area (TPSA) is 90.0 Å². The summed E-state index contributed by atoms with van der Waals surface area (Å²) in [6.45, 7) is 0.528. The Balaban J connectivity index is 1.14. The lowest BCUT2D eigenvalue weighted by Crippen LogP contribution is -2.23. The van der Waals surface area contributed by atoms with Gasteiger partial charge in [0.25, 0.3) is 5.91 Å². The summed E-state index contributed by atoms with van der Waals surface area (Å²) >= 11 is 7.47. The van der Waals surface area contributed by atoms with E-state index in [1.165, 1.54) is 35.2 Å². The van der Waals surface area contributed by atoms with Crippen molar-refractivity contribution in [3.63, 3.8) is 0 Å². The molecule has 5 aromatic rings. The van der Waals surface area contributed by atoms with E-state index in [1.54, 1.807) is 28.4 Å². The maximum absolute atomic E-state index is 14.4. The quantitative estimate of drug-likeness (QED) is 0.393. The first-order valence-corrected chi connectivity index (χ1v) is 11.6. The monoisotopic (exact) mass is 481 g/mol. The fourth-order valence-electron chi connectivity index (χ4n) is 3.83. The summed E-state index contributed by atoms with van der Waals surface area (Å²) in [7, 11) is 0. The van der Waals surface area contributed by atoms with E-state index in [0.29, 0.717) is 18.2 Å². The van der Waals surface area contributed by atoms with E-state index in [2.05, 4.69) is 37.7 Å². The highest BCUT2D eigenvalue weighted by Gasteiger charge is 2.24. The smallest absolute Gasteiger partial charge is 0.273 e. The number of aromatic nitrogens is 6. The normalized spacial score (nSPS) is 13.8. The molecule has 1 aliphatic carbocycles. The van der Waals surface area contributed by atoms with E-state index in [0.717, 1.165) is 15.1 Å². The summed E-state index contributed by atoms with van der Waals surface area (Å²) in [5.41, 5.74) is 2.08. The van der Waals surface area contributed by atoms with E-state index < -0.39 is 11.7 Å². The maximum atomic E-state index is 14.4. The summed E-state index contributed by atoms with van der Waals surface area (Å²) in [6.07, 6.45) is 9.13. The van der Waals surface area contributed by atoms with Crippen LogP contribution in [-0.2, 0) is 13.1 Å². The van der Waals surface area contributed by atoms with Gasteiger partial charge in [0.1, 0.15) is 10.3 Å². The zero-order valence-electron chi connectivity index (χ0n) is 17.2. The van der Waals surface area contributed by atoms with E-state index >= 15 is 0 Å². The van der Waals surface area contributed by atoms with Crippen LogP contribution >= 0.6 is 22.9 Å². The molecule has 1 fully saturated rings. The first-order valence-electron chi connectivity index (χ1n) is 10.4. The fraction of sp³-hybridized carbons (Fsp3) is 0.227. The molecule has 6 rings (SSSR count). The van der Waals surface area contributed by atoms with Crippen molar-refractivity contribution in [2.45, 2.75) is 31.8 Å². The molecule has 0 saturated heterocycles. The Labute approximate surface area is 196 Å². The van der Waals surface area contributed by atoms with Gasteiger partial charge >= 0.3 is 0 Å². The first-order chi connectivity index (χ1) is 16.0. The summed E-state index contributed by atoms with van der Waals surface area (Å²) in [4.78, 5) is 23.4. The van der Waals surface area contributed by atoms with Crippen LogP contribution in [0, 0.1) is 5.82 Å². The van der Waals surface area contributed by atoms with Gasteiger partial charge < -0.3 is 9.72 Å². The Kier molecular flexibility index (Phi) is 4.84. The molecular formula is C22H17ClFN7OS. The Hall–Kier alpha value is -3.37. The second-order valence-electron chi connectivity index (χ2n) is 8.06. The van der Waals surface area contributed by atoms with Crippen molar-refractivity contribution < 1.29 is 9.18 Å². The number of rotatable bonds is 6. The van der Waals surface area contributed by atoms with Gasteiger partial charge in [-0.1, -0.05) is 16.8 Å². The third-order valence-electron chi connectivity index (χ3n) is 5.67. The summed E-state index contributed by atoms with van der Waals surface area (Å²) in [5, 5.41) is 11.9. The van der Waals surface area contributed by atoms with Gasteiger partial charge in [-0.15, -0.1) is 16.4 Å². The van der Waals surface area contributed by atoms with Gasteiger partial charge in [0.2, 0.25) is 0 Å². The van der Waals surface area contributed by atoms with Gasteiger partial charge in [0.15, 0.2) is 11.5 Å². The van der Waals surface area contributed by atoms with Crippen molar-refractivity contribution in [2.24, 2.45) is 0 Å². The average Bonchev–Trinajstić information content (AvgIpc) is 3.23. The molecule has 1 aliphatic rings. The molecule has 11 heteroatoms. The third kappa shape index (κ3) is 3.85. The Bertz CT molecular complexity index is 1520. The molecule has 0 radical (unpaired) electrons. The van der Waals surface area contributed by atoms with Crippen LogP contribution in [-0.4, -0.2) is 35.3 Å². The number of amides is 1. The minimum absolute atomic E-state index is 0.00118. The van der Waals surface area contributed by atoms with Gasteiger partial charge in [0.05, 0.1) is 36.3 Å². The van der Waals surface area contributed by atoms with Crippen LogP contribution in [0.4, 0.5) is 4.39 Å². The molecule has 1 N–H and O–H groups in total. The van der Waals surface area contributed by atoms with Crippen LogP contribution in [0.2, 0.25) is 5.02 Å². The predicted octanol–water partition coefficient (Wildman–Crippen LogP) is 4.18. The van der Waals surface area contributed by atoms with E-state index in [-0.39, 0.29) is 22.8 Å². The molecule has 0 aliphatic heterocycles. The van der Waals surface area contributed by atoms with Crippen molar-refractivity contribution in [3.8, 4) is 0 Å². The average molecular weight is 482 g/mol. The molecule has 166 valence electrons. The number of halogens is 2. The van der Waals surface area contributed by atoms with Gasteiger partial charge in [-0.2, -0.15) is 0 Å². The lowest BCUT2D eigenvalue weighted by molar-refractivity contribution is 0.0945. The van der Waals surface area contributed by atoms with Crippen molar-refractivity contribution in [1.82, 2.24) is 34.7 Å². The molecule has 5 aromatic heterocycles. The molecular weight excluding hydrogens is 465 g/mol. The van der Waals surface area contributed by atoms with Crippen LogP contribution in [0.25, 0.3) is 15.7 Å². The number of fused-ring (bicyclic) bond motifs is 2. The van der Waals surface area contributed by atoms with Gasteiger partial charge in [-0.05, 0) is 42.5 Å². The molecule has 0 spiro atoms. The fourth-order valence-corrected chi connectivity index (χ4v) is 4.95. The minimum atomic E-state index is -0.575. The molecule has 33 heavy (non-hydrogen) atoms. The summed E-state index contributed by atoms with van der Waals surface area (Å²) in [6, 6.07) is 5.78. The third-order valence-corrected chi connectivity index (χ3v) is 7.00. The zero-order valence-corrected chi connectivity index (χ0v) is 18.8. The summed E-state index contributed by atoms with van der Waals surface area (Å²) < 4.78 is 17.5. The molecule has 8 nitrogen and oxygen atoms in total. The highest BCUT2D eigenvalue weighted by molar-refractivity contribution is 7.18. The number of nitrogens with one attached hydrogen (secondary N) is 1. The first kappa shape index (κ1) is 20.3. The van der Waals surface area contributed by atoms with Crippen molar-refractivity contribution in [2.75, 3.05) is 0 Å². The Morgan fingerprint density at radius 2 is 2.18 bits per heavy atom. The SMILES string of the molecule is O=C(NCc1ncn2ccc(Cl)c(F)c12)c1cn(Cc2cc3cc(C4CC4)cnc3s2)nn1. The standard InChI is InChI=1S/C22H17ClFN7OS/c23-16-3-4-30-11-27-17(20(30)19(16)24)8-25-21(32)18-10-31(29-28-18)9-15-6-13-5-14(12-1-2-12)7-26-22(13)33-15/h3-7,10-12H,1-2,8-9H2,(H,25,32). The molecule has 1 saturated carbocycles. The van der Waals surface area contributed by atoms with E-state index in [9.17, 15) is 9.18 Å². The zero-order chi connectivity index (χ0) is 22.5. The largest absolute Gasteiger partial charge is 0.345 e. The maximum Gasteiger partial charge on any atom is 0.273 e. The van der Waals surface area contributed by atoms with Crippen molar-refractivity contribution in [1.29, 1.82) is 0 Å². The van der Waals surface area contributed by atoms with Crippen LogP contribution in [0.5, 0.6) is 0 Å². The number of nitrogens with zero attached hydrogens (tertiary/aromatic N) is 6. The highest BCUT2D eigenvalue weighted by Crippen LogP contribution is 2.41. The van der Waals surface area contributed by atoms with Gasteiger partial charge in [-0.25, -0.2) is 19.0 Å². The molecule has 0 aromatic carbocycles. The predicted molar refractivity (Wildman–Crippen MR) is 122 cm³/mol. The summed E-state index contributed by atoms with van der Waals surface area (Å²) in [5.74, 6) is -0.332. The second-order valence-corrected chi connectivity index (χ2v) is 9.58. The number of imidazole rings is 1. The lowest BCUT2D eigenvalue weighted by atomic mass is 10.1. The van der Waals surface area contributed by atoms with Crippen molar-refractivity contribution >= 4 is 44.6 Å². The van der Waals surface area contributed by atoms with E-state index in [1.807, 2.05) is 6.20 Å². The number of thiophene rings is 1. The van der Waals surface area contributed by atoms with Crippen molar-refractivity contribution in [3.05, 3.63) is 75.8 Å². The molecule has 0 bridgehead atoms. The number of hydrogen-bond donors (Lipinski definition) is 1. The number of carbonyl (C=O) groups is 1. The Morgan fingerprint density at radius 3 is 3.03 bits per heavy atom. The number of pyridine rings is 2. The minimum Gasteiger partial charge on any atom is -0.345 e. The Morgan fingerprint density at radius 1 is 1.30 bits per heavy atom. The lowest BCUT2D eigenvalue weighted by Gasteiger charge is -2.03. The second kappa shape index (κ2) is 7.89. The van der Waals surface area contributed by atoms with Gasteiger partial charge in [-0.3, -0.25) is 4.79 Å². The molecule has 5 heterocycles. The van der Waals surface area contributed by atoms with Crippen LogP contribution in [0.3, 0.4) is 0 Å². The molecule has 0 atom stereocenters. The number of carbonyl (C=O) groups excluding carboxylic acids is 1. The highest BCUT2D eigenvalue weighted by atomic mass is 35.5. The van der Waals surface area contributed by atoms with E-state index in [4.69, 9.17) is 11.6 Å². The molecule has 1 amide bonds. The molecule has 0 unspecified atom stereocenters. The van der Waals surface area contributed by atoms with Crippen LogP contribution < -0.4 is 5.32 Å².